The van der Waals surface area contributed by atoms with E-state index >= 15 is 0 Å². The number of aromatic amines is 1. The van der Waals surface area contributed by atoms with Crippen LogP contribution in [0.4, 0.5) is 11.6 Å². The van der Waals surface area contributed by atoms with Crippen molar-refractivity contribution in [3.05, 3.63) is 107 Å². The van der Waals surface area contributed by atoms with E-state index in [1.165, 1.54) is 5.57 Å². The maximum Gasteiger partial charge on any atom is 0.132 e. The van der Waals surface area contributed by atoms with Gasteiger partial charge in [0.05, 0.1) is 17.1 Å². The van der Waals surface area contributed by atoms with Crippen molar-refractivity contribution in [1.82, 2.24) is 15.0 Å². The first kappa shape index (κ1) is 20.4. The number of H-pyrrole nitrogens is 1. The van der Waals surface area contributed by atoms with Crippen molar-refractivity contribution in [3.63, 3.8) is 0 Å². The lowest BCUT2D eigenvalue weighted by Gasteiger charge is -2.09. The summed E-state index contributed by atoms with van der Waals surface area (Å²) in [6.07, 6.45) is 15.9. The highest BCUT2D eigenvalue weighted by Gasteiger charge is 2.20. The van der Waals surface area contributed by atoms with Gasteiger partial charge in [-0.25, -0.2) is 4.98 Å². The van der Waals surface area contributed by atoms with Gasteiger partial charge in [0.2, 0.25) is 0 Å². The summed E-state index contributed by atoms with van der Waals surface area (Å²) in [6.45, 7) is 2.05. The molecule has 162 valence electrons. The highest BCUT2D eigenvalue weighted by Crippen LogP contribution is 2.32. The molecule has 33 heavy (non-hydrogen) atoms. The Morgan fingerprint density at radius 2 is 2.09 bits per heavy atom. The third-order valence-corrected chi connectivity index (χ3v) is 5.58. The molecular weight excluding hydrogens is 410 g/mol. The van der Waals surface area contributed by atoms with Crippen molar-refractivity contribution in [2.24, 2.45) is 4.99 Å². The first-order valence-corrected chi connectivity index (χ1v) is 10.6. The van der Waals surface area contributed by atoms with Crippen molar-refractivity contribution in [2.45, 2.75) is 13.3 Å². The molecule has 7 heteroatoms. The number of aromatic nitrogens is 3. The van der Waals surface area contributed by atoms with Gasteiger partial charge in [-0.3, -0.25) is 15.4 Å². The Morgan fingerprint density at radius 3 is 2.94 bits per heavy atom. The predicted octanol–water partition coefficient (Wildman–Crippen LogP) is 4.94. The van der Waals surface area contributed by atoms with Crippen LogP contribution in [0.1, 0.15) is 41.4 Å². The minimum Gasteiger partial charge on any atom is -0.383 e. The van der Waals surface area contributed by atoms with Crippen LogP contribution in [0.25, 0.3) is 11.1 Å². The molecule has 0 saturated heterocycles. The van der Waals surface area contributed by atoms with Crippen LogP contribution in [0.5, 0.6) is 0 Å². The lowest BCUT2D eigenvalue weighted by atomic mass is 10.00. The molecule has 0 fully saturated rings. The second-order valence-corrected chi connectivity index (χ2v) is 7.92. The van der Waals surface area contributed by atoms with Crippen LogP contribution in [-0.2, 0) is 0 Å². The van der Waals surface area contributed by atoms with Gasteiger partial charge in [0.15, 0.2) is 0 Å². The van der Waals surface area contributed by atoms with Crippen molar-refractivity contribution < 1.29 is 0 Å². The van der Waals surface area contributed by atoms with Gasteiger partial charge in [-0.15, -0.1) is 0 Å². The quantitative estimate of drug-likeness (QED) is 0.436. The van der Waals surface area contributed by atoms with Gasteiger partial charge in [-0.2, -0.15) is 0 Å². The molecule has 5 heterocycles. The zero-order chi connectivity index (χ0) is 22.8. The Hall–Kier alpha value is -4.52. The summed E-state index contributed by atoms with van der Waals surface area (Å²) in [4.78, 5) is 16.5. The van der Waals surface area contributed by atoms with Gasteiger partial charge in [-0.05, 0) is 49.3 Å². The van der Waals surface area contributed by atoms with E-state index < -0.39 is 0 Å². The van der Waals surface area contributed by atoms with Crippen LogP contribution < -0.4 is 11.1 Å². The molecule has 0 spiro atoms. The van der Waals surface area contributed by atoms with E-state index in [2.05, 4.69) is 31.3 Å². The van der Waals surface area contributed by atoms with Crippen LogP contribution in [0.3, 0.4) is 0 Å². The Bertz CT molecular complexity index is 1390. The van der Waals surface area contributed by atoms with Crippen LogP contribution >= 0.6 is 0 Å². The summed E-state index contributed by atoms with van der Waals surface area (Å²) >= 11 is 0. The summed E-state index contributed by atoms with van der Waals surface area (Å²) in [5, 5.41) is 12.2. The number of allylic oxidation sites excluding steroid dienone is 5. The molecular formula is C26H23N7. The third-order valence-electron chi connectivity index (χ3n) is 5.58. The monoisotopic (exact) mass is 433 g/mol. The zero-order valence-electron chi connectivity index (χ0n) is 18.1. The molecule has 0 amide bonds. The number of anilines is 2. The number of nitrogen functional groups attached to an aromatic ring is 1. The summed E-state index contributed by atoms with van der Waals surface area (Å²) in [6, 6.07) is 9.67. The van der Waals surface area contributed by atoms with Crippen molar-refractivity contribution >= 4 is 34.7 Å². The van der Waals surface area contributed by atoms with Gasteiger partial charge in [0, 0.05) is 53.3 Å². The maximum absolute atomic E-state index is 8.91. The molecule has 2 aliphatic rings. The molecule has 2 aliphatic heterocycles. The van der Waals surface area contributed by atoms with E-state index in [1.54, 1.807) is 12.4 Å². The minimum absolute atomic E-state index is 0.265. The van der Waals surface area contributed by atoms with E-state index in [4.69, 9.17) is 11.1 Å². The highest BCUT2D eigenvalue weighted by atomic mass is 15.0. The second kappa shape index (κ2) is 8.55. The van der Waals surface area contributed by atoms with Gasteiger partial charge in [0.25, 0.3) is 0 Å². The topological polar surface area (TPSA) is 116 Å². The van der Waals surface area contributed by atoms with Crippen molar-refractivity contribution in [3.8, 4) is 0 Å². The first-order valence-electron chi connectivity index (χ1n) is 10.6. The molecule has 5 N–H and O–H groups in total. The van der Waals surface area contributed by atoms with Crippen LogP contribution in [0.2, 0.25) is 0 Å². The number of pyridine rings is 2. The van der Waals surface area contributed by atoms with E-state index in [-0.39, 0.29) is 5.71 Å². The second-order valence-electron chi connectivity index (χ2n) is 7.92. The fraction of sp³-hybridized carbons (Fsp3) is 0.0769. The molecule has 0 aromatic carbocycles. The number of hydrogen-bond donors (Lipinski definition) is 4. The summed E-state index contributed by atoms with van der Waals surface area (Å²) in [5.74, 6) is 1.10. The van der Waals surface area contributed by atoms with Crippen LogP contribution in [0, 0.1) is 5.41 Å². The third kappa shape index (κ3) is 4.04. The van der Waals surface area contributed by atoms with Gasteiger partial charge >= 0.3 is 0 Å². The molecule has 5 rings (SSSR count). The number of aliphatic imine (C=N–C) groups is 1. The molecule has 7 nitrogen and oxygen atoms in total. The normalized spacial score (nSPS) is 14.9. The Balaban J connectivity index is 1.52. The first-order chi connectivity index (χ1) is 16.1. The Kier molecular flexibility index (Phi) is 5.28. The predicted molar refractivity (Wildman–Crippen MR) is 134 cm³/mol. The van der Waals surface area contributed by atoms with Crippen LogP contribution in [0.15, 0.2) is 83.9 Å². The maximum atomic E-state index is 8.91. The van der Waals surface area contributed by atoms with Crippen molar-refractivity contribution in [1.29, 1.82) is 5.41 Å². The molecule has 3 aromatic rings. The number of nitrogens with one attached hydrogen (secondary N) is 3. The molecule has 0 aliphatic carbocycles. The van der Waals surface area contributed by atoms with E-state index in [9.17, 15) is 0 Å². The molecule has 3 aromatic heterocycles. The summed E-state index contributed by atoms with van der Waals surface area (Å²) in [5.41, 5.74) is 13.4. The standard InChI is InChI=1S/C26H23N7/c1-16-7-8-17(14-29-13-16)18-11-21(25(28)32-15-18)24(27)23-12-20-19(22-6-2-3-9-30-22)5-4-10-31-26(20)33-23/h2-6,8-15,27,31,33H,7H2,1H3,(H2,28,32). The van der Waals surface area contributed by atoms with Crippen molar-refractivity contribution in [2.75, 3.05) is 11.1 Å². The lowest BCUT2D eigenvalue weighted by Crippen LogP contribution is -2.09. The molecule has 0 bridgehead atoms. The SMILES string of the molecule is CC1=CN=CC(c2cnc(N)c(C(=N)c3cc4c([nH]3)NC=CC=C4c3ccccn3)c2)=CC1. The van der Waals surface area contributed by atoms with Crippen LogP contribution in [-0.4, -0.2) is 26.9 Å². The Labute approximate surface area is 191 Å². The average molecular weight is 434 g/mol. The van der Waals surface area contributed by atoms with E-state index in [0.29, 0.717) is 17.1 Å². The number of nitrogens with two attached hydrogens (primary N) is 1. The fourth-order valence-electron chi connectivity index (χ4n) is 3.82. The minimum atomic E-state index is 0.265. The van der Waals surface area contributed by atoms with Gasteiger partial charge in [0.1, 0.15) is 11.6 Å². The number of fused-ring (bicyclic) bond motifs is 1. The smallest absolute Gasteiger partial charge is 0.132 e. The van der Waals surface area contributed by atoms with Gasteiger partial charge in [-0.1, -0.05) is 23.8 Å². The molecule has 0 radical (unpaired) electrons. The fourth-order valence-corrected chi connectivity index (χ4v) is 3.82. The summed E-state index contributed by atoms with van der Waals surface area (Å²) in [7, 11) is 0. The molecule has 0 unspecified atom stereocenters. The Morgan fingerprint density at radius 1 is 1.18 bits per heavy atom. The zero-order valence-corrected chi connectivity index (χ0v) is 18.1. The van der Waals surface area contributed by atoms with E-state index in [0.717, 1.165) is 40.2 Å². The largest absolute Gasteiger partial charge is 0.383 e. The lowest BCUT2D eigenvalue weighted by molar-refractivity contribution is 1.20. The van der Waals surface area contributed by atoms with Gasteiger partial charge < -0.3 is 16.0 Å². The summed E-state index contributed by atoms with van der Waals surface area (Å²) < 4.78 is 0. The van der Waals surface area contributed by atoms with E-state index in [1.807, 2.05) is 68.0 Å². The number of hydrogen-bond acceptors (Lipinski definition) is 6. The number of nitrogens with zero attached hydrogens (tertiary/aromatic N) is 3. The average Bonchev–Trinajstić information content (AvgIpc) is 2.99. The highest BCUT2D eigenvalue weighted by molar-refractivity contribution is 6.15. The number of rotatable bonds is 4. The molecule has 0 atom stereocenters. The molecule has 0 saturated carbocycles.